The molecule has 0 fully saturated rings. The van der Waals surface area contributed by atoms with Crippen LogP contribution in [0.3, 0.4) is 0 Å². The van der Waals surface area contributed by atoms with E-state index >= 15 is 0 Å². The Morgan fingerprint density at radius 2 is 1.55 bits per heavy atom. The average molecular weight is 599 g/mol. The first-order valence-electron chi connectivity index (χ1n) is 8.33. The third kappa shape index (κ3) is 12.2. The van der Waals surface area contributed by atoms with Gasteiger partial charge in [-0.1, -0.05) is 24.3 Å². The molecule has 0 unspecified atom stereocenters. The molecule has 0 spiro atoms. The van der Waals surface area contributed by atoms with Crippen molar-refractivity contribution < 1.29 is 53.3 Å². The van der Waals surface area contributed by atoms with Crippen molar-refractivity contribution in [3.05, 3.63) is 79.8 Å². The molecule has 0 aromatic carbocycles. The number of hydrogen-bond donors (Lipinski definition) is 0. The number of ether oxygens (including phenoxy) is 1. The summed E-state index contributed by atoms with van der Waals surface area (Å²) in [5.41, 5.74) is 2.76. The Hall–Kier alpha value is -2.30. The molecule has 3 rings (SSSR count). The molecule has 3 heterocycles. The summed E-state index contributed by atoms with van der Waals surface area (Å²) in [7, 11) is 6.81. The van der Waals surface area contributed by atoms with Crippen LogP contribution < -0.4 is 20.9 Å². The topological polar surface area (TPSA) is 109 Å². The van der Waals surface area contributed by atoms with Gasteiger partial charge >= 0.3 is 39.0 Å². The molecule has 31 heavy (non-hydrogen) atoms. The van der Waals surface area contributed by atoms with Crippen molar-refractivity contribution in [3.63, 3.8) is 0 Å². The van der Waals surface area contributed by atoms with Crippen molar-refractivity contribution in [2.75, 3.05) is 6.61 Å². The van der Waals surface area contributed by atoms with Crippen LogP contribution in [0, 0.1) is 21.0 Å². The SMILES string of the molecule is [CH-]=O.[CH-]=O.[CH2-]Cc1cccc(=N[CH2-])[n-]1.[CH2-]N=c1cccc(C2=NC(C)(C)CO2)[n-]1.[RuH+3].[RuH]. The maximum atomic E-state index is 7.75. The molecule has 0 atom stereocenters. The van der Waals surface area contributed by atoms with E-state index in [4.69, 9.17) is 14.3 Å². The third-order valence-corrected chi connectivity index (χ3v) is 3.29. The van der Waals surface area contributed by atoms with Crippen LogP contribution in [-0.2, 0) is 59.7 Å². The Labute approximate surface area is 209 Å². The van der Waals surface area contributed by atoms with E-state index in [1.54, 1.807) is 6.07 Å². The zero-order valence-electron chi connectivity index (χ0n) is 17.4. The van der Waals surface area contributed by atoms with E-state index in [1.807, 2.05) is 44.2 Å². The minimum atomic E-state index is -0.158. The first kappa shape index (κ1) is 33.3. The van der Waals surface area contributed by atoms with Gasteiger partial charge in [0.25, 0.3) is 0 Å². The van der Waals surface area contributed by atoms with E-state index in [0.717, 1.165) is 5.69 Å². The fraction of sp³-hybridized carbons (Fsp3) is 0.238. The summed E-state index contributed by atoms with van der Waals surface area (Å²) in [6, 6.07) is 11.1. The molecule has 0 aliphatic carbocycles. The van der Waals surface area contributed by atoms with Crippen LogP contribution >= 0.6 is 0 Å². The summed E-state index contributed by atoms with van der Waals surface area (Å²) in [4.78, 5) is 35.8. The second-order valence-electron chi connectivity index (χ2n) is 5.95. The molecule has 1 radical (unpaired) electrons. The Morgan fingerprint density at radius 3 is 2.00 bits per heavy atom. The molecule has 0 amide bonds. The standard InChI is InChI=1S/C11H13N3O.C8H9N2.2CHO.2Ru.2H/c1-11(2)7-15-10(14-11)8-5-4-6-9(12-3)13-8;1-3-7-5-4-6-8(9-2)10-7;2*1-2;;;;/h4-6H,3,7H2,1-2H3;4-6H,1-3H2;2*1H;;;;/q-2;-3;2*-1;;+3;;. The summed E-state index contributed by atoms with van der Waals surface area (Å²) < 4.78 is 5.48. The summed E-state index contributed by atoms with van der Waals surface area (Å²) >= 11 is 0. The van der Waals surface area contributed by atoms with Crippen LogP contribution in [0.5, 0.6) is 0 Å². The van der Waals surface area contributed by atoms with Crippen molar-refractivity contribution in [2.45, 2.75) is 25.8 Å². The van der Waals surface area contributed by atoms with E-state index in [9.17, 15) is 0 Å². The van der Waals surface area contributed by atoms with Crippen LogP contribution in [0.1, 0.15) is 25.2 Å². The van der Waals surface area contributed by atoms with Gasteiger partial charge in [0.05, 0.1) is 5.54 Å². The fourth-order valence-electron chi connectivity index (χ4n) is 2.04. The quantitative estimate of drug-likeness (QED) is 0.285. The van der Waals surface area contributed by atoms with E-state index in [2.05, 4.69) is 59.5 Å². The zero-order valence-corrected chi connectivity index (χ0v) is 21.1. The normalized spacial score (nSPS) is 13.7. The Kier molecular flexibility index (Phi) is 19.9. The van der Waals surface area contributed by atoms with Gasteiger partial charge in [0.1, 0.15) is 6.61 Å². The molecule has 2 aromatic heterocycles. The number of carbonyl (C=O) groups excluding carboxylic acids is 2. The summed E-state index contributed by atoms with van der Waals surface area (Å²) in [5.74, 6) is 0.588. The van der Waals surface area contributed by atoms with Gasteiger partial charge in [0.15, 0.2) is 0 Å². The van der Waals surface area contributed by atoms with Crippen LogP contribution in [0.2, 0.25) is 0 Å². The number of nitrogens with zero attached hydrogens (tertiary/aromatic N) is 5. The van der Waals surface area contributed by atoms with Crippen molar-refractivity contribution in [3.8, 4) is 0 Å². The Bertz CT molecular complexity index is 906. The van der Waals surface area contributed by atoms with E-state index in [1.165, 1.54) is 0 Å². The number of aromatic nitrogens is 2. The first-order chi connectivity index (χ1) is 14.0. The maximum absolute atomic E-state index is 7.75. The Balaban J connectivity index is -0.000000433. The van der Waals surface area contributed by atoms with E-state index in [-0.39, 0.29) is 44.5 Å². The monoisotopic (exact) mass is 600 g/mol. The van der Waals surface area contributed by atoms with Crippen LogP contribution in [-0.4, -0.2) is 31.6 Å². The van der Waals surface area contributed by atoms with Gasteiger partial charge < -0.3 is 41.2 Å². The molecule has 0 N–H and O–H groups in total. The van der Waals surface area contributed by atoms with E-state index in [0.29, 0.717) is 35.6 Å². The van der Waals surface area contributed by atoms with Gasteiger partial charge in [0, 0.05) is 5.69 Å². The molecular weight excluding hydrogens is 572 g/mol. The minimum absolute atomic E-state index is 0. The summed E-state index contributed by atoms with van der Waals surface area (Å²) in [6.07, 6.45) is 0.698. The third-order valence-electron chi connectivity index (χ3n) is 3.29. The number of rotatable bonds is 2. The van der Waals surface area contributed by atoms with Gasteiger partial charge in [-0.15, -0.1) is 17.8 Å². The Morgan fingerprint density at radius 1 is 1.03 bits per heavy atom. The van der Waals surface area contributed by atoms with E-state index < -0.39 is 0 Å². The van der Waals surface area contributed by atoms with Crippen molar-refractivity contribution >= 4 is 19.5 Å². The molecule has 0 saturated carbocycles. The van der Waals surface area contributed by atoms with Gasteiger partial charge in [-0.2, -0.15) is 6.42 Å². The average Bonchev–Trinajstić information content (AvgIpc) is 3.16. The molecule has 2 aromatic rings. The number of pyridine rings is 2. The number of hydrogen-bond acceptors (Lipinski definition) is 6. The predicted octanol–water partition coefficient (Wildman–Crippen LogP) is 0.516. The number of aliphatic imine (C=N–C) groups is 1. The molecular formula is C21H26N5O3Ru2-4. The van der Waals surface area contributed by atoms with Crippen LogP contribution in [0.4, 0.5) is 0 Å². The molecule has 8 nitrogen and oxygen atoms in total. The van der Waals surface area contributed by atoms with Crippen molar-refractivity contribution in [1.29, 1.82) is 0 Å². The van der Waals surface area contributed by atoms with Gasteiger partial charge in [-0.05, 0) is 13.8 Å². The first-order valence-corrected chi connectivity index (χ1v) is 8.33. The molecule has 0 saturated heterocycles. The van der Waals surface area contributed by atoms with Gasteiger partial charge in [-0.3, -0.25) is 27.7 Å². The molecule has 173 valence electrons. The van der Waals surface area contributed by atoms with Gasteiger partial charge in [0.2, 0.25) is 5.90 Å². The molecule has 0 bridgehead atoms. The van der Waals surface area contributed by atoms with Gasteiger partial charge in [-0.25, -0.2) is 16.0 Å². The predicted molar refractivity (Wildman–Crippen MR) is 113 cm³/mol. The van der Waals surface area contributed by atoms with Crippen LogP contribution in [0.15, 0.2) is 51.4 Å². The second kappa shape index (κ2) is 18.5. The second-order valence-corrected chi connectivity index (χ2v) is 5.95. The molecule has 10 heteroatoms. The zero-order chi connectivity index (χ0) is 22.3. The fourth-order valence-corrected chi connectivity index (χ4v) is 2.04. The van der Waals surface area contributed by atoms with Crippen LogP contribution in [0.25, 0.3) is 0 Å². The molecule has 1 aliphatic heterocycles. The molecule has 1 aliphatic rings. The summed E-state index contributed by atoms with van der Waals surface area (Å²) in [6.45, 7) is 14.8. The van der Waals surface area contributed by atoms with Crippen molar-refractivity contribution in [1.82, 2.24) is 9.97 Å². The summed E-state index contributed by atoms with van der Waals surface area (Å²) in [5, 5.41) is 0. The van der Waals surface area contributed by atoms with Crippen molar-refractivity contribution in [2.24, 2.45) is 15.0 Å².